The molecule has 0 heterocycles. The van der Waals surface area contributed by atoms with Crippen molar-refractivity contribution in [1.82, 2.24) is 10.0 Å². The predicted octanol–water partition coefficient (Wildman–Crippen LogP) is 1.85. The van der Waals surface area contributed by atoms with E-state index in [1.807, 2.05) is 6.07 Å². The van der Waals surface area contributed by atoms with Crippen LogP contribution in [0.5, 0.6) is 0 Å². The van der Waals surface area contributed by atoms with Crippen molar-refractivity contribution in [1.29, 1.82) is 0 Å². The van der Waals surface area contributed by atoms with Crippen LogP contribution in [-0.4, -0.2) is 38.5 Å². The topological polar surface area (TPSA) is 113 Å². The number of rotatable bonds is 9. The van der Waals surface area contributed by atoms with E-state index in [0.717, 1.165) is 31.2 Å². The molecule has 0 bridgehead atoms. The minimum Gasteiger partial charge on any atom is -0.481 e. The number of benzene rings is 1. The number of carboxylic acids is 1. The van der Waals surface area contributed by atoms with E-state index in [9.17, 15) is 18.0 Å². The maximum atomic E-state index is 12.4. The van der Waals surface area contributed by atoms with Gasteiger partial charge in [0.05, 0.1) is 10.3 Å². The third kappa shape index (κ3) is 6.04. The Kier molecular flexibility index (Phi) is 7.00. The van der Waals surface area contributed by atoms with Gasteiger partial charge in [-0.2, -0.15) is 0 Å². The summed E-state index contributed by atoms with van der Waals surface area (Å²) in [5, 5.41) is 11.7. The van der Waals surface area contributed by atoms with E-state index in [1.54, 1.807) is 26.0 Å². The van der Waals surface area contributed by atoms with Gasteiger partial charge in [0, 0.05) is 19.5 Å². The van der Waals surface area contributed by atoms with Crippen LogP contribution in [0.1, 0.15) is 50.7 Å². The molecule has 0 saturated heterocycles. The molecule has 7 nitrogen and oxygen atoms in total. The fourth-order valence-electron chi connectivity index (χ4n) is 2.97. The molecule has 27 heavy (non-hydrogen) atoms. The van der Waals surface area contributed by atoms with Gasteiger partial charge in [0.1, 0.15) is 0 Å². The molecule has 1 aromatic carbocycles. The minimum atomic E-state index is -3.65. The lowest BCUT2D eigenvalue weighted by Gasteiger charge is -2.19. The Balaban J connectivity index is 1.80. The quantitative estimate of drug-likeness (QED) is 0.590. The number of hydrogen-bond acceptors (Lipinski definition) is 4. The fraction of sp³-hybridized carbons (Fsp3) is 0.579. The van der Waals surface area contributed by atoms with Crippen LogP contribution in [-0.2, 0) is 32.5 Å². The van der Waals surface area contributed by atoms with Crippen molar-refractivity contribution in [3.8, 4) is 0 Å². The summed E-state index contributed by atoms with van der Waals surface area (Å²) in [6.45, 7) is 3.41. The van der Waals surface area contributed by atoms with Gasteiger partial charge in [-0.1, -0.05) is 6.07 Å². The highest BCUT2D eigenvalue weighted by atomic mass is 32.2. The average Bonchev–Trinajstić information content (AvgIpc) is 2.60. The minimum absolute atomic E-state index is 0.00231. The van der Waals surface area contributed by atoms with Crippen LogP contribution < -0.4 is 10.0 Å². The molecule has 8 heteroatoms. The number of carboxylic acid groups (broad SMARTS) is 1. The second kappa shape index (κ2) is 8.84. The smallest absolute Gasteiger partial charge is 0.309 e. The lowest BCUT2D eigenvalue weighted by atomic mass is 9.90. The summed E-state index contributed by atoms with van der Waals surface area (Å²) < 4.78 is 27.3. The number of nitrogens with one attached hydrogen (secondary N) is 2. The lowest BCUT2D eigenvalue weighted by molar-refractivity contribution is -0.147. The van der Waals surface area contributed by atoms with E-state index in [2.05, 4.69) is 10.0 Å². The second-order valence-electron chi connectivity index (χ2n) is 7.57. The summed E-state index contributed by atoms with van der Waals surface area (Å²) in [5.41, 5.74) is 1.38. The average molecular weight is 397 g/mol. The predicted molar refractivity (Wildman–Crippen MR) is 102 cm³/mol. The molecule has 1 aliphatic carbocycles. The summed E-state index contributed by atoms with van der Waals surface area (Å²) in [4.78, 5) is 23.1. The maximum Gasteiger partial charge on any atom is 0.309 e. The Labute approximate surface area is 160 Å². The van der Waals surface area contributed by atoms with Crippen LogP contribution in [0.4, 0.5) is 0 Å². The molecule has 1 amide bonds. The lowest BCUT2D eigenvalue weighted by Crippen LogP contribution is -2.34. The van der Waals surface area contributed by atoms with E-state index >= 15 is 0 Å². The van der Waals surface area contributed by atoms with Gasteiger partial charge in [-0.3, -0.25) is 9.59 Å². The first-order valence-corrected chi connectivity index (χ1v) is 10.7. The van der Waals surface area contributed by atoms with Crippen molar-refractivity contribution in [2.24, 2.45) is 5.41 Å². The molecule has 2 rings (SSSR count). The molecule has 0 aromatic heterocycles. The molecule has 0 atom stereocenters. The van der Waals surface area contributed by atoms with Crippen molar-refractivity contribution >= 4 is 21.9 Å². The van der Waals surface area contributed by atoms with Crippen LogP contribution in [0.25, 0.3) is 0 Å². The van der Waals surface area contributed by atoms with E-state index in [-0.39, 0.29) is 30.3 Å². The summed E-state index contributed by atoms with van der Waals surface area (Å²) >= 11 is 0. The van der Waals surface area contributed by atoms with Crippen molar-refractivity contribution < 1.29 is 23.1 Å². The number of carbonyl (C=O) groups excluding carboxylic acids is 1. The number of hydrogen-bond donors (Lipinski definition) is 3. The Bertz CT molecular complexity index is 802. The molecule has 0 aliphatic heterocycles. The summed E-state index contributed by atoms with van der Waals surface area (Å²) in [6, 6.07) is 5.21. The monoisotopic (exact) mass is 396 g/mol. The van der Waals surface area contributed by atoms with Gasteiger partial charge in [0.2, 0.25) is 15.9 Å². The zero-order chi connectivity index (χ0) is 20.1. The van der Waals surface area contributed by atoms with Gasteiger partial charge >= 0.3 is 5.97 Å². The molecule has 0 radical (unpaired) electrons. The normalized spacial score (nSPS) is 14.4. The first-order chi connectivity index (χ1) is 12.6. The third-order valence-corrected chi connectivity index (χ3v) is 6.38. The molecule has 1 aromatic rings. The number of sulfonamides is 1. The standard InChI is InChI=1S/C19H28N2O5S/c1-19(2,18(23)24)10-12-20-17(22)9-11-21-27(25,26)16-8-7-14-5-3-4-6-15(14)13-16/h7-8,13,21H,3-6,9-12H2,1-2H3,(H,20,22)(H,23,24). The fourth-order valence-corrected chi connectivity index (χ4v) is 4.05. The summed E-state index contributed by atoms with van der Waals surface area (Å²) in [7, 11) is -3.65. The molecule has 3 N–H and O–H groups in total. The van der Waals surface area contributed by atoms with Crippen molar-refractivity contribution in [3.05, 3.63) is 29.3 Å². The third-order valence-electron chi connectivity index (χ3n) is 4.93. The zero-order valence-electron chi connectivity index (χ0n) is 15.9. The van der Waals surface area contributed by atoms with Gasteiger partial charge in [-0.05, 0) is 69.2 Å². The number of aryl methyl sites for hydroxylation is 2. The van der Waals surface area contributed by atoms with Crippen molar-refractivity contribution in [2.75, 3.05) is 13.1 Å². The van der Waals surface area contributed by atoms with Crippen LogP contribution in [0.3, 0.4) is 0 Å². The molecular formula is C19H28N2O5S. The van der Waals surface area contributed by atoms with Gasteiger partial charge in [-0.15, -0.1) is 0 Å². The molecule has 0 saturated carbocycles. The number of carbonyl (C=O) groups is 2. The molecule has 150 valence electrons. The van der Waals surface area contributed by atoms with Gasteiger partial charge in [0.25, 0.3) is 0 Å². The van der Waals surface area contributed by atoms with Crippen LogP contribution >= 0.6 is 0 Å². The largest absolute Gasteiger partial charge is 0.481 e. The second-order valence-corrected chi connectivity index (χ2v) is 9.34. The van der Waals surface area contributed by atoms with Crippen LogP contribution in [0.2, 0.25) is 0 Å². The van der Waals surface area contributed by atoms with Gasteiger partial charge in [-0.25, -0.2) is 13.1 Å². The first-order valence-electron chi connectivity index (χ1n) is 9.23. The summed E-state index contributed by atoms with van der Waals surface area (Å²) in [6.07, 6.45) is 4.39. The van der Waals surface area contributed by atoms with Crippen molar-refractivity contribution in [3.63, 3.8) is 0 Å². The maximum absolute atomic E-state index is 12.4. The Morgan fingerprint density at radius 1 is 1.11 bits per heavy atom. The number of amides is 1. The van der Waals surface area contributed by atoms with E-state index in [0.29, 0.717) is 6.42 Å². The Morgan fingerprint density at radius 3 is 2.44 bits per heavy atom. The van der Waals surface area contributed by atoms with Crippen molar-refractivity contribution in [2.45, 2.75) is 57.3 Å². The first kappa shape index (κ1) is 21.4. The highest BCUT2D eigenvalue weighted by molar-refractivity contribution is 7.89. The summed E-state index contributed by atoms with van der Waals surface area (Å²) in [5.74, 6) is -1.24. The Morgan fingerprint density at radius 2 is 1.78 bits per heavy atom. The van der Waals surface area contributed by atoms with Crippen LogP contribution in [0.15, 0.2) is 23.1 Å². The molecule has 0 fully saturated rings. The zero-order valence-corrected chi connectivity index (χ0v) is 16.7. The number of aliphatic carboxylic acids is 1. The highest BCUT2D eigenvalue weighted by Gasteiger charge is 2.26. The van der Waals surface area contributed by atoms with E-state index < -0.39 is 21.4 Å². The Hall–Kier alpha value is -1.93. The molecule has 0 unspecified atom stereocenters. The van der Waals surface area contributed by atoms with E-state index in [1.165, 1.54) is 5.56 Å². The van der Waals surface area contributed by atoms with Gasteiger partial charge < -0.3 is 10.4 Å². The highest BCUT2D eigenvalue weighted by Crippen LogP contribution is 2.24. The molecular weight excluding hydrogens is 368 g/mol. The number of fused-ring (bicyclic) bond motifs is 1. The molecule has 1 aliphatic rings. The SMILES string of the molecule is CC(C)(CCNC(=O)CCNS(=O)(=O)c1ccc2c(c1)CCCC2)C(=O)O. The van der Waals surface area contributed by atoms with Crippen LogP contribution in [0, 0.1) is 5.41 Å². The molecule has 0 spiro atoms. The van der Waals surface area contributed by atoms with E-state index in [4.69, 9.17) is 5.11 Å². The van der Waals surface area contributed by atoms with Gasteiger partial charge in [0.15, 0.2) is 0 Å².